The van der Waals surface area contributed by atoms with Crippen molar-refractivity contribution in [3.63, 3.8) is 0 Å². The molecule has 0 spiro atoms. The number of amides is 3. The Labute approximate surface area is 140 Å². The number of carbonyl (C=O) groups excluding carboxylic acids is 2. The van der Waals surface area contributed by atoms with E-state index in [1.807, 2.05) is 32.9 Å². The summed E-state index contributed by atoms with van der Waals surface area (Å²) in [6.07, 6.45) is 0. The molecule has 0 saturated carbocycles. The van der Waals surface area contributed by atoms with Crippen molar-refractivity contribution in [2.75, 3.05) is 5.32 Å². The second kappa shape index (κ2) is 7.12. The number of anilines is 1. The van der Waals surface area contributed by atoms with E-state index in [0.29, 0.717) is 0 Å². The van der Waals surface area contributed by atoms with Gasteiger partial charge in [-0.25, -0.2) is 9.18 Å². The Balaban J connectivity index is 2.07. The van der Waals surface area contributed by atoms with Gasteiger partial charge in [0.2, 0.25) is 0 Å². The first-order valence-corrected chi connectivity index (χ1v) is 7.51. The Hall–Kier alpha value is -2.89. The molecule has 0 aromatic heterocycles. The molecule has 1 atom stereocenters. The number of nitrogens with one attached hydrogen (secondary N) is 2. The summed E-state index contributed by atoms with van der Waals surface area (Å²) in [6, 6.07) is 9.05. The molecule has 24 heavy (non-hydrogen) atoms. The lowest BCUT2D eigenvalue weighted by Gasteiger charge is -2.16. The van der Waals surface area contributed by atoms with Gasteiger partial charge >= 0.3 is 6.03 Å². The molecule has 2 rings (SSSR count). The number of nitrogens with two attached hydrogens (primary N) is 1. The first kappa shape index (κ1) is 17.5. The molecule has 0 fully saturated rings. The average Bonchev–Trinajstić information content (AvgIpc) is 2.47. The maximum Gasteiger partial charge on any atom is 0.319 e. The Kier molecular flexibility index (Phi) is 5.18. The molecule has 1 unspecified atom stereocenters. The van der Waals surface area contributed by atoms with Crippen LogP contribution < -0.4 is 16.4 Å². The topological polar surface area (TPSA) is 84.2 Å². The first-order valence-electron chi connectivity index (χ1n) is 7.51. The third-order valence-corrected chi connectivity index (χ3v) is 3.58. The Bertz CT molecular complexity index is 770. The van der Waals surface area contributed by atoms with Crippen LogP contribution in [0.15, 0.2) is 36.4 Å². The highest BCUT2D eigenvalue weighted by Crippen LogP contribution is 2.18. The van der Waals surface area contributed by atoms with E-state index in [-0.39, 0.29) is 17.3 Å². The van der Waals surface area contributed by atoms with Gasteiger partial charge < -0.3 is 16.4 Å². The zero-order valence-electron chi connectivity index (χ0n) is 13.8. The standard InChI is InChI=1S/C18H20FN3O2/c1-10-6-11(2)8-13(7-10)12(3)21-18(24)22-14-4-5-16(19)15(9-14)17(20)23/h4-9,12H,1-3H3,(H2,20,23)(H2,21,22,24). The Morgan fingerprint density at radius 1 is 1.08 bits per heavy atom. The van der Waals surface area contributed by atoms with Crippen molar-refractivity contribution in [3.8, 4) is 0 Å². The molecule has 0 saturated heterocycles. The Morgan fingerprint density at radius 3 is 2.29 bits per heavy atom. The van der Waals surface area contributed by atoms with Crippen LogP contribution in [0.2, 0.25) is 0 Å². The molecule has 0 aliphatic rings. The average molecular weight is 329 g/mol. The zero-order chi connectivity index (χ0) is 17.9. The molecular weight excluding hydrogens is 309 g/mol. The van der Waals surface area contributed by atoms with E-state index in [9.17, 15) is 14.0 Å². The number of hydrogen-bond acceptors (Lipinski definition) is 2. The molecule has 4 N–H and O–H groups in total. The number of primary amides is 1. The zero-order valence-corrected chi connectivity index (χ0v) is 13.8. The number of rotatable bonds is 4. The minimum atomic E-state index is -0.889. The quantitative estimate of drug-likeness (QED) is 0.803. The molecule has 2 aromatic carbocycles. The molecule has 2 aromatic rings. The van der Waals surface area contributed by atoms with Gasteiger partial charge in [-0.15, -0.1) is 0 Å². The van der Waals surface area contributed by atoms with Crippen LogP contribution in [0.4, 0.5) is 14.9 Å². The lowest BCUT2D eigenvalue weighted by molar-refractivity contribution is 0.0996. The fourth-order valence-corrected chi connectivity index (χ4v) is 2.50. The van der Waals surface area contributed by atoms with E-state index in [1.54, 1.807) is 0 Å². The van der Waals surface area contributed by atoms with Crippen molar-refractivity contribution < 1.29 is 14.0 Å². The number of carbonyl (C=O) groups is 2. The van der Waals surface area contributed by atoms with E-state index in [2.05, 4.69) is 16.7 Å². The van der Waals surface area contributed by atoms with Gasteiger partial charge in [0.25, 0.3) is 5.91 Å². The van der Waals surface area contributed by atoms with Crippen LogP contribution in [-0.2, 0) is 0 Å². The van der Waals surface area contributed by atoms with Crippen molar-refractivity contribution in [2.45, 2.75) is 26.8 Å². The third-order valence-electron chi connectivity index (χ3n) is 3.58. The van der Waals surface area contributed by atoms with Crippen LogP contribution in [0, 0.1) is 19.7 Å². The largest absolute Gasteiger partial charge is 0.366 e. The summed E-state index contributed by atoms with van der Waals surface area (Å²) in [6.45, 7) is 5.85. The number of aryl methyl sites for hydroxylation is 2. The molecule has 6 heteroatoms. The van der Waals surface area contributed by atoms with E-state index in [1.165, 1.54) is 12.1 Å². The van der Waals surface area contributed by atoms with Crippen LogP contribution in [0.5, 0.6) is 0 Å². The smallest absolute Gasteiger partial charge is 0.319 e. The number of urea groups is 1. The number of halogens is 1. The van der Waals surface area contributed by atoms with Gasteiger partial charge in [0, 0.05) is 5.69 Å². The first-order chi connectivity index (χ1) is 11.3. The third kappa shape index (κ3) is 4.32. The van der Waals surface area contributed by atoms with Crippen molar-refractivity contribution in [2.24, 2.45) is 5.73 Å². The predicted molar refractivity (Wildman–Crippen MR) is 91.4 cm³/mol. The highest BCUT2D eigenvalue weighted by Gasteiger charge is 2.13. The maximum absolute atomic E-state index is 13.4. The van der Waals surface area contributed by atoms with E-state index in [0.717, 1.165) is 22.8 Å². The highest BCUT2D eigenvalue weighted by molar-refractivity contribution is 5.96. The van der Waals surface area contributed by atoms with Gasteiger partial charge in [-0.3, -0.25) is 4.79 Å². The lowest BCUT2D eigenvalue weighted by Crippen LogP contribution is -2.31. The summed E-state index contributed by atoms with van der Waals surface area (Å²) < 4.78 is 13.4. The fourth-order valence-electron chi connectivity index (χ4n) is 2.50. The van der Waals surface area contributed by atoms with Gasteiger partial charge in [0.05, 0.1) is 11.6 Å². The second-order valence-electron chi connectivity index (χ2n) is 5.80. The van der Waals surface area contributed by atoms with E-state index < -0.39 is 17.8 Å². The SMILES string of the molecule is Cc1cc(C)cc(C(C)NC(=O)Nc2ccc(F)c(C(N)=O)c2)c1. The van der Waals surface area contributed by atoms with Crippen LogP contribution in [0.25, 0.3) is 0 Å². The predicted octanol–water partition coefficient (Wildman–Crippen LogP) is 3.42. The normalized spacial score (nSPS) is 11.7. The summed E-state index contributed by atoms with van der Waals surface area (Å²) in [5, 5.41) is 5.37. The molecule has 3 amide bonds. The number of benzene rings is 2. The van der Waals surface area contributed by atoms with Gasteiger partial charge in [-0.2, -0.15) is 0 Å². The second-order valence-corrected chi connectivity index (χ2v) is 5.80. The summed E-state index contributed by atoms with van der Waals surface area (Å²) >= 11 is 0. The van der Waals surface area contributed by atoms with Crippen LogP contribution in [-0.4, -0.2) is 11.9 Å². The van der Waals surface area contributed by atoms with Crippen molar-refractivity contribution in [3.05, 3.63) is 64.5 Å². The highest BCUT2D eigenvalue weighted by atomic mass is 19.1. The maximum atomic E-state index is 13.4. The van der Waals surface area contributed by atoms with Crippen molar-refractivity contribution in [1.82, 2.24) is 5.32 Å². The molecular formula is C18H20FN3O2. The minimum absolute atomic E-state index is 0.209. The fraction of sp³-hybridized carbons (Fsp3) is 0.222. The Morgan fingerprint density at radius 2 is 1.71 bits per heavy atom. The van der Waals surface area contributed by atoms with Crippen LogP contribution >= 0.6 is 0 Å². The molecule has 0 bridgehead atoms. The monoisotopic (exact) mass is 329 g/mol. The molecule has 5 nitrogen and oxygen atoms in total. The van der Waals surface area contributed by atoms with Gasteiger partial charge in [-0.05, 0) is 44.5 Å². The van der Waals surface area contributed by atoms with E-state index in [4.69, 9.17) is 5.73 Å². The molecule has 126 valence electrons. The summed E-state index contributed by atoms with van der Waals surface area (Å²) in [7, 11) is 0. The summed E-state index contributed by atoms with van der Waals surface area (Å²) in [5.41, 5.74) is 8.33. The van der Waals surface area contributed by atoms with Crippen molar-refractivity contribution >= 4 is 17.6 Å². The van der Waals surface area contributed by atoms with Gasteiger partial charge in [0.1, 0.15) is 5.82 Å². The van der Waals surface area contributed by atoms with Crippen molar-refractivity contribution in [1.29, 1.82) is 0 Å². The van der Waals surface area contributed by atoms with Crippen LogP contribution in [0.1, 0.15) is 40.0 Å². The van der Waals surface area contributed by atoms with Gasteiger partial charge in [-0.1, -0.05) is 29.3 Å². The minimum Gasteiger partial charge on any atom is -0.366 e. The summed E-state index contributed by atoms with van der Waals surface area (Å²) in [4.78, 5) is 23.2. The molecule has 0 aliphatic heterocycles. The van der Waals surface area contributed by atoms with Crippen LogP contribution in [0.3, 0.4) is 0 Å². The molecule has 0 aliphatic carbocycles. The molecule has 0 heterocycles. The van der Waals surface area contributed by atoms with Gasteiger partial charge in [0.15, 0.2) is 0 Å². The van der Waals surface area contributed by atoms with E-state index >= 15 is 0 Å². The lowest BCUT2D eigenvalue weighted by atomic mass is 10.0. The summed E-state index contributed by atoms with van der Waals surface area (Å²) in [5.74, 6) is -1.61. The number of hydrogen-bond donors (Lipinski definition) is 3. The molecule has 0 radical (unpaired) electrons.